The number of benzene rings is 2. The lowest BCUT2D eigenvalue weighted by atomic mass is 10.0. The summed E-state index contributed by atoms with van der Waals surface area (Å²) in [4.78, 5) is 26.3. The van der Waals surface area contributed by atoms with E-state index in [9.17, 15) is 14.9 Å². The molecule has 0 spiro atoms. The molecular formula is C26H32N2O3P+. The van der Waals surface area contributed by atoms with Gasteiger partial charge in [-0.15, -0.1) is 0 Å². The maximum Gasteiger partial charge on any atom is 0.344 e. The normalized spacial score (nSPS) is 15.6. The Hall–Kier alpha value is -2.70. The number of nitrogens with zero attached hydrogens (tertiary/aromatic N) is 1. The standard InChI is InChI=1S/C26H31N2O3P/c1-4-23(26(30)28-25-19(2)14-22(16-27)15-20(25)3)32(12-8-9-13-32)18-24(29)31-17-21-10-6-5-7-11-21/h5-7,10-11,14-15,23H,4,8-9,12-13,17-18H2,1-3H3/p+1. The van der Waals surface area contributed by atoms with E-state index < -0.39 is 7.26 Å². The molecule has 0 aromatic heterocycles. The van der Waals surface area contributed by atoms with Gasteiger partial charge in [0.1, 0.15) is 12.3 Å². The number of nitrogens with one attached hydrogen (secondary N) is 1. The minimum Gasteiger partial charge on any atom is -0.458 e. The zero-order chi connectivity index (χ0) is 23.1. The number of nitriles is 1. The van der Waals surface area contributed by atoms with Crippen LogP contribution >= 0.6 is 7.26 Å². The molecule has 0 bridgehead atoms. The number of ether oxygens (including phenoxy) is 1. The first kappa shape index (κ1) is 24.0. The topological polar surface area (TPSA) is 79.2 Å². The van der Waals surface area contributed by atoms with Gasteiger partial charge in [0.05, 0.1) is 24.0 Å². The van der Waals surface area contributed by atoms with Crippen molar-refractivity contribution in [1.82, 2.24) is 0 Å². The van der Waals surface area contributed by atoms with Crippen LogP contribution in [-0.4, -0.2) is 36.0 Å². The summed E-state index contributed by atoms with van der Waals surface area (Å²) in [6, 6.07) is 15.4. The molecule has 0 radical (unpaired) electrons. The van der Waals surface area contributed by atoms with E-state index in [4.69, 9.17) is 4.74 Å². The molecule has 2 aromatic carbocycles. The second-order valence-corrected chi connectivity index (χ2v) is 13.0. The second kappa shape index (κ2) is 10.7. The number of carbonyl (C=O) groups is 2. The van der Waals surface area contributed by atoms with Gasteiger partial charge in [0.25, 0.3) is 5.91 Å². The highest BCUT2D eigenvalue weighted by atomic mass is 31.2. The van der Waals surface area contributed by atoms with Crippen LogP contribution in [0.2, 0.25) is 0 Å². The van der Waals surface area contributed by atoms with Crippen LogP contribution in [0.15, 0.2) is 42.5 Å². The van der Waals surface area contributed by atoms with Gasteiger partial charge in [-0.25, -0.2) is 4.79 Å². The van der Waals surface area contributed by atoms with Crippen LogP contribution in [0.5, 0.6) is 0 Å². The van der Waals surface area contributed by atoms with E-state index in [0.717, 1.165) is 47.5 Å². The van der Waals surface area contributed by atoms with Crippen LogP contribution in [0.3, 0.4) is 0 Å². The van der Waals surface area contributed by atoms with Crippen molar-refractivity contribution in [3.63, 3.8) is 0 Å². The van der Waals surface area contributed by atoms with E-state index in [0.29, 0.717) is 18.1 Å². The Labute approximate surface area is 191 Å². The number of carbonyl (C=O) groups excluding carboxylic acids is 2. The van der Waals surface area contributed by atoms with Crippen LogP contribution in [0.4, 0.5) is 5.69 Å². The second-order valence-electron chi connectivity index (χ2n) is 8.69. The van der Waals surface area contributed by atoms with Gasteiger partial charge in [0.2, 0.25) is 0 Å². The minimum atomic E-state index is -1.81. The zero-order valence-electron chi connectivity index (χ0n) is 19.2. The third kappa shape index (κ3) is 5.56. The predicted octanol–water partition coefficient (Wildman–Crippen LogP) is 5.45. The summed E-state index contributed by atoms with van der Waals surface area (Å²) in [5, 5.41) is 12.3. The lowest BCUT2D eigenvalue weighted by Gasteiger charge is -2.29. The molecule has 3 rings (SSSR count). The molecule has 2 aromatic rings. The Bertz CT molecular complexity index is 984. The maximum atomic E-state index is 13.5. The molecule has 1 saturated heterocycles. The van der Waals surface area contributed by atoms with Crippen LogP contribution in [-0.2, 0) is 20.9 Å². The highest BCUT2D eigenvalue weighted by molar-refractivity contribution is 7.78. The summed E-state index contributed by atoms with van der Waals surface area (Å²) in [6.07, 6.45) is 5.14. The van der Waals surface area contributed by atoms with Crippen LogP contribution in [0, 0.1) is 25.2 Å². The first-order chi connectivity index (χ1) is 15.4. The van der Waals surface area contributed by atoms with E-state index in [-0.39, 0.29) is 24.1 Å². The molecular weight excluding hydrogens is 419 g/mol. The van der Waals surface area contributed by atoms with E-state index in [1.807, 2.05) is 51.1 Å². The Morgan fingerprint density at radius 2 is 1.75 bits per heavy atom. The molecule has 1 N–H and O–H groups in total. The number of rotatable bonds is 8. The Kier molecular flexibility index (Phi) is 8.04. The molecule has 5 nitrogen and oxygen atoms in total. The third-order valence-corrected chi connectivity index (χ3v) is 11.6. The van der Waals surface area contributed by atoms with Gasteiger partial charge in [-0.3, -0.25) is 4.79 Å². The zero-order valence-corrected chi connectivity index (χ0v) is 20.1. The van der Waals surface area contributed by atoms with Gasteiger partial charge in [-0.05, 0) is 61.9 Å². The van der Waals surface area contributed by atoms with Crippen molar-refractivity contribution in [3.8, 4) is 6.07 Å². The maximum absolute atomic E-state index is 13.5. The summed E-state index contributed by atoms with van der Waals surface area (Å²) in [7, 11) is -1.81. The molecule has 1 aliphatic heterocycles. The van der Waals surface area contributed by atoms with Crippen LogP contribution in [0.1, 0.15) is 48.4 Å². The fraction of sp³-hybridized carbons (Fsp3) is 0.423. The number of esters is 1. The van der Waals surface area contributed by atoms with Crippen molar-refractivity contribution < 1.29 is 14.3 Å². The van der Waals surface area contributed by atoms with Crippen LogP contribution in [0.25, 0.3) is 0 Å². The van der Waals surface area contributed by atoms with Gasteiger partial charge in [-0.2, -0.15) is 5.26 Å². The van der Waals surface area contributed by atoms with Crippen molar-refractivity contribution in [3.05, 3.63) is 64.7 Å². The molecule has 1 aliphatic rings. The fourth-order valence-electron chi connectivity index (χ4n) is 4.84. The Balaban J connectivity index is 1.74. The number of aryl methyl sites for hydroxylation is 2. The van der Waals surface area contributed by atoms with E-state index >= 15 is 0 Å². The van der Waals surface area contributed by atoms with Crippen molar-refractivity contribution in [1.29, 1.82) is 5.26 Å². The lowest BCUT2D eigenvalue weighted by molar-refractivity contribution is -0.141. The van der Waals surface area contributed by atoms with Crippen molar-refractivity contribution >= 4 is 24.8 Å². The average molecular weight is 452 g/mol. The molecule has 0 aliphatic carbocycles. The summed E-state index contributed by atoms with van der Waals surface area (Å²) in [6.45, 7) is 6.13. The van der Waals surface area contributed by atoms with Crippen molar-refractivity contribution in [2.75, 3.05) is 23.8 Å². The molecule has 0 saturated carbocycles. The first-order valence-electron chi connectivity index (χ1n) is 11.3. The number of hydrogen-bond acceptors (Lipinski definition) is 4. The summed E-state index contributed by atoms with van der Waals surface area (Å²) >= 11 is 0. The summed E-state index contributed by atoms with van der Waals surface area (Å²) in [5.74, 6) is -0.199. The summed E-state index contributed by atoms with van der Waals surface area (Å²) < 4.78 is 5.60. The predicted molar refractivity (Wildman–Crippen MR) is 130 cm³/mol. The molecule has 1 amide bonds. The number of anilines is 1. The molecule has 1 heterocycles. The highest BCUT2D eigenvalue weighted by Crippen LogP contribution is 2.68. The Morgan fingerprint density at radius 1 is 1.12 bits per heavy atom. The SMILES string of the molecule is CCC(C(=O)Nc1c(C)cc(C#N)cc1C)[P+]1(CC(=O)OCc2ccccc2)CCCC1. The van der Waals surface area contributed by atoms with E-state index in [1.54, 1.807) is 12.1 Å². The molecule has 1 fully saturated rings. The van der Waals surface area contributed by atoms with Crippen molar-refractivity contribution in [2.24, 2.45) is 0 Å². The quantitative estimate of drug-likeness (QED) is 0.428. The highest BCUT2D eigenvalue weighted by Gasteiger charge is 2.52. The largest absolute Gasteiger partial charge is 0.458 e. The molecule has 1 unspecified atom stereocenters. The van der Waals surface area contributed by atoms with Gasteiger partial charge in [0.15, 0.2) is 6.16 Å². The van der Waals surface area contributed by atoms with Crippen LogP contribution < -0.4 is 5.32 Å². The molecule has 32 heavy (non-hydrogen) atoms. The lowest BCUT2D eigenvalue weighted by Crippen LogP contribution is -2.34. The average Bonchev–Trinajstić information content (AvgIpc) is 3.24. The minimum absolute atomic E-state index is 0.00509. The smallest absolute Gasteiger partial charge is 0.344 e. The van der Waals surface area contributed by atoms with E-state index in [2.05, 4.69) is 11.4 Å². The van der Waals surface area contributed by atoms with Gasteiger partial charge in [-0.1, -0.05) is 37.3 Å². The van der Waals surface area contributed by atoms with Gasteiger partial charge >= 0.3 is 5.97 Å². The number of amides is 1. The first-order valence-corrected chi connectivity index (χ1v) is 13.7. The third-order valence-electron chi connectivity index (χ3n) is 6.40. The van der Waals surface area contributed by atoms with Gasteiger partial charge in [0, 0.05) is 12.9 Å². The molecule has 6 heteroatoms. The molecule has 1 atom stereocenters. The number of hydrogen-bond donors (Lipinski definition) is 1. The summed E-state index contributed by atoms with van der Waals surface area (Å²) in [5.41, 5.74) is 3.93. The van der Waals surface area contributed by atoms with Crippen molar-refractivity contribution in [2.45, 2.75) is 52.3 Å². The fourth-order valence-corrected chi connectivity index (χ4v) is 9.87. The molecule has 168 valence electrons. The Morgan fingerprint density at radius 3 is 2.31 bits per heavy atom. The van der Waals surface area contributed by atoms with Gasteiger partial charge < -0.3 is 10.1 Å². The monoisotopic (exact) mass is 451 g/mol. The van der Waals surface area contributed by atoms with E-state index in [1.165, 1.54) is 0 Å².